The molecule has 0 unspecified atom stereocenters. The van der Waals surface area contributed by atoms with Crippen molar-refractivity contribution in [2.24, 2.45) is 5.10 Å². The van der Waals surface area contributed by atoms with Crippen LogP contribution in [0.5, 0.6) is 0 Å². The fraction of sp³-hybridized carbons (Fsp3) is 0.100. The van der Waals surface area contributed by atoms with Crippen molar-refractivity contribution in [2.45, 2.75) is 0 Å². The summed E-state index contributed by atoms with van der Waals surface area (Å²) in [5.41, 5.74) is 3.42. The van der Waals surface area contributed by atoms with Crippen LogP contribution >= 0.6 is 11.6 Å². The molecule has 0 fully saturated rings. The first-order valence-corrected chi connectivity index (χ1v) is 10.6. The van der Waals surface area contributed by atoms with Gasteiger partial charge in [0.1, 0.15) is 6.54 Å². The topological polar surface area (TPSA) is 78.8 Å². The Morgan fingerprint density at radius 2 is 1.75 bits per heavy atom. The van der Waals surface area contributed by atoms with Crippen LogP contribution in [0.1, 0.15) is 5.56 Å². The first-order chi connectivity index (χ1) is 13.4. The third-order valence-electron chi connectivity index (χ3n) is 4.02. The van der Waals surface area contributed by atoms with Crippen molar-refractivity contribution in [2.75, 3.05) is 17.1 Å². The van der Waals surface area contributed by atoms with Gasteiger partial charge < -0.3 is 0 Å². The maximum atomic E-state index is 12.3. The molecule has 6 nitrogen and oxygen atoms in total. The van der Waals surface area contributed by atoms with Crippen molar-refractivity contribution in [3.05, 3.63) is 77.3 Å². The molecule has 0 heterocycles. The largest absolute Gasteiger partial charge is 0.271 e. The lowest BCUT2D eigenvalue weighted by Gasteiger charge is -2.23. The maximum absolute atomic E-state index is 12.3. The second-order valence-corrected chi connectivity index (χ2v) is 8.40. The molecule has 0 bridgehead atoms. The van der Waals surface area contributed by atoms with E-state index in [0.717, 1.165) is 21.3 Å². The van der Waals surface area contributed by atoms with Gasteiger partial charge >= 0.3 is 0 Å². The summed E-state index contributed by atoms with van der Waals surface area (Å²) >= 11 is 6.03. The van der Waals surface area contributed by atoms with Crippen LogP contribution < -0.4 is 9.73 Å². The summed E-state index contributed by atoms with van der Waals surface area (Å²) in [6, 6.07) is 19.7. The summed E-state index contributed by atoms with van der Waals surface area (Å²) in [7, 11) is -3.69. The number of hydrogen-bond acceptors (Lipinski definition) is 4. The van der Waals surface area contributed by atoms with Crippen LogP contribution in [0.4, 0.5) is 5.69 Å². The third-order valence-corrected chi connectivity index (χ3v) is 5.49. The zero-order chi connectivity index (χ0) is 20.1. The van der Waals surface area contributed by atoms with Crippen LogP contribution in [-0.2, 0) is 14.8 Å². The number of nitrogens with zero attached hydrogens (tertiary/aromatic N) is 2. The van der Waals surface area contributed by atoms with Gasteiger partial charge in [-0.3, -0.25) is 9.10 Å². The van der Waals surface area contributed by atoms with Crippen molar-refractivity contribution < 1.29 is 13.2 Å². The van der Waals surface area contributed by atoms with Gasteiger partial charge in [0, 0.05) is 16.0 Å². The molecule has 0 atom stereocenters. The molecule has 1 N–H and O–H groups in total. The molecule has 0 aliphatic rings. The van der Waals surface area contributed by atoms with Crippen molar-refractivity contribution in [1.29, 1.82) is 0 Å². The van der Waals surface area contributed by atoms with Crippen LogP contribution in [0, 0.1) is 0 Å². The average molecular weight is 416 g/mol. The molecular weight excluding hydrogens is 398 g/mol. The number of hydrazone groups is 1. The van der Waals surface area contributed by atoms with E-state index in [1.165, 1.54) is 6.21 Å². The number of rotatable bonds is 6. The van der Waals surface area contributed by atoms with Crippen molar-refractivity contribution in [1.82, 2.24) is 5.43 Å². The second-order valence-electron chi connectivity index (χ2n) is 6.08. The zero-order valence-corrected chi connectivity index (χ0v) is 16.6. The van der Waals surface area contributed by atoms with Gasteiger partial charge in [-0.1, -0.05) is 66.2 Å². The highest BCUT2D eigenvalue weighted by atomic mass is 35.5. The van der Waals surface area contributed by atoms with Crippen LogP contribution in [0.25, 0.3) is 10.8 Å². The number of nitrogens with one attached hydrogen (secondary N) is 1. The average Bonchev–Trinajstić information content (AvgIpc) is 2.66. The standard InChI is InChI=1S/C20H18ClN3O3S/c1-28(26,27)24(19-12-6-9-15-7-2-4-10-17(15)19)14-20(25)23-22-13-16-8-3-5-11-18(16)21/h2-13H,14H2,1H3,(H,23,25)/b22-13-. The lowest BCUT2D eigenvalue weighted by molar-refractivity contribution is -0.119. The minimum atomic E-state index is -3.69. The summed E-state index contributed by atoms with van der Waals surface area (Å²) < 4.78 is 25.7. The van der Waals surface area contributed by atoms with E-state index < -0.39 is 22.5 Å². The maximum Gasteiger partial charge on any atom is 0.260 e. The molecule has 0 radical (unpaired) electrons. The number of anilines is 1. The summed E-state index contributed by atoms with van der Waals surface area (Å²) in [6.07, 6.45) is 2.47. The molecule has 0 aliphatic carbocycles. The molecule has 1 amide bonds. The van der Waals surface area contributed by atoms with Crippen LogP contribution in [-0.4, -0.2) is 33.3 Å². The number of amides is 1. The van der Waals surface area contributed by atoms with Crippen LogP contribution in [0.15, 0.2) is 71.8 Å². The predicted molar refractivity (Wildman–Crippen MR) is 113 cm³/mol. The van der Waals surface area contributed by atoms with Gasteiger partial charge in [0.2, 0.25) is 10.0 Å². The molecule has 0 aromatic heterocycles. The number of sulfonamides is 1. The van der Waals surface area contributed by atoms with E-state index in [-0.39, 0.29) is 0 Å². The molecule has 28 heavy (non-hydrogen) atoms. The van der Waals surface area contributed by atoms with Gasteiger partial charge in [-0.25, -0.2) is 13.8 Å². The highest BCUT2D eigenvalue weighted by Crippen LogP contribution is 2.28. The smallest absolute Gasteiger partial charge is 0.260 e. The molecule has 8 heteroatoms. The first-order valence-electron chi connectivity index (χ1n) is 8.38. The number of halogens is 1. The van der Waals surface area contributed by atoms with Gasteiger partial charge in [-0.15, -0.1) is 0 Å². The summed E-state index contributed by atoms with van der Waals surface area (Å²) in [4.78, 5) is 12.3. The summed E-state index contributed by atoms with van der Waals surface area (Å²) in [5.74, 6) is -0.568. The van der Waals surface area contributed by atoms with E-state index in [0.29, 0.717) is 16.3 Å². The Balaban J connectivity index is 1.82. The lowest BCUT2D eigenvalue weighted by atomic mass is 10.1. The van der Waals surface area contributed by atoms with Crippen LogP contribution in [0.3, 0.4) is 0 Å². The number of fused-ring (bicyclic) bond motifs is 1. The van der Waals surface area contributed by atoms with E-state index in [4.69, 9.17) is 11.6 Å². The Bertz CT molecular complexity index is 1140. The van der Waals surface area contributed by atoms with E-state index in [9.17, 15) is 13.2 Å². The molecule has 3 aromatic rings. The van der Waals surface area contributed by atoms with E-state index in [1.807, 2.05) is 30.3 Å². The minimum absolute atomic E-state index is 0.396. The molecule has 0 aliphatic heterocycles. The zero-order valence-electron chi connectivity index (χ0n) is 15.0. The Hall–Kier alpha value is -2.90. The Labute approximate surface area is 168 Å². The van der Waals surface area contributed by atoms with E-state index in [2.05, 4.69) is 10.5 Å². The highest BCUT2D eigenvalue weighted by molar-refractivity contribution is 7.92. The Morgan fingerprint density at radius 3 is 2.50 bits per heavy atom. The molecule has 0 spiro atoms. The first kappa shape index (κ1) is 19.9. The fourth-order valence-corrected chi connectivity index (χ4v) is 3.78. The van der Waals surface area contributed by atoms with Gasteiger partial charge in [-0.2, -0.15) is 5.10 Å². The number of benzene rings is 3. The molecule has 0 saturated heterocycles. The molecule has 3 rings (SSSR count). The molecule has 144 valence electrons. The number of hydrogen-bond donors (Lipinski definition) is 1. The summed E-state index contributed by atoms with van der Waals surface area (Å²) in [5, 5.41) is 5.98. The third kappa shape index (κ3) is 4.68. The van der Waals surface area contributed by atoms with Crippen LogP contribution in [0.2, 0.25) is 5.02 Å². The molecule has 0 saturated carbocycles. The SMILES string of the molecule is CS(=O)(=O)N(CC(=O)N/N=C\c1ccccc1Cl)c1cccc2ccccc12. The van der Waals surface area contributed by atoms with Gasteiger partial charge in [0.05, 0.1) is 18.2 Å². The number of carbonyl (C=O) groups excluding carboxylic acids is 1. The predicted octanol–water partition coefficient (Wildman–Crippen LogP) is 3.41. The Kier molecular flexibility index (Phi) is 5.96. The van der Waals surface area contributed by atoms with E-state index in [1.54, 1.807) is 36.4 Å². The van der Waals surface area contributed by atoms with E-state index >= 15 is 0 Å². The normalized spacial score (nSPS) is 11.6. The number of carbonyl (C=O) groups is 1. The molecule has 3 aromatic carbocycles. The quantitative estimate of drug-likeness (QED) is 0.495. The summed E-state index contributed by atoms with van der Waals surface area (Å²) in [6.45, 7) is -0.396. The monoisotopic (exact) mass is 415 g/mol. The lowest BCUT2D eigenvalue weighted by Crippen LogP contribution is -2.39. The molecular formula is C20H18ClN3O3S. The fourth-order valence-electron chi connectivity index (χ4n) is 2.73. The van der Waals surface area contributed by atoms with Crippen molar-refractivity contribution >= 4 is 50.2 Å². The van der Waals surface area contributed by atoms with Gasteiger partial charge in [0.25, 0.3) is 5.91 Å². The van der Waals surface area contributed by atoms with Gasteiger partial charge in [0.15, 0.2) is 0 Å². The highest BCUT2D eigenvalue weighted by Gasteiger charge is 2.22. The minimum Gasteiger partial charge on any atom is -0.271 e. The Morgan fingerprint density at radius 1 is 1.07 bits per heavy atom. The van der Waals surface area contributed by atoms with Crippen molar-refractivity contribution in [3.8, 4) is 0 Å². The second kappa shape index (κ2) is 8.41. The van der Waals surface area contributed by atoms with Crippen molar-refractivity contribution in [3.63, 3.8) is 0 Å². The van der Waals surface area contributed by atoms with Gasteiger partial charge in [-0.05, 0) is 17.5 Å².